The third kappa shape index (κ3) is 1.93. The van der Waals surface area contributed by atoms with Crippen LogP contribution < -0.4 is 5.32 Å². The van der Waals surface area contributed by atoms with Gasteiger partial charge in [-0.3, -0.25) is 0 Å². The number of hydrogen-bond acceptors (Lipinski definition) is 2. The van der Waals surface area contributed by atoms with E-state index in [1.807, 2.05) is 0 Å². The number of imidazole rings is 1. The Kier molecular flexibility index (Phi) is 3.10. The predicted octanol–water partition coefficient (Wildman–Crippen LogP) is 2.20. The van der Waals surface area contributed by atoms with Crippen molar-refractivity contribution in [3.8, 4) is 0 Å². The quantitative estimate of drug-likeness (QED) is 0.823. The molecule has 1 aromatic rings. The lowest BCUT2D eigenvalue weighted by Gasteiger charge is -2.22. The lowest BCUT2D eigenvalue weighted by molar-refractivity contribution is 0.464. The van der Waals surface area contributed by atoms with Crippen LogP contribution in [0.5, 0.6) is 0 Å². The van der Waals surface area contributed by atoms with Crippen molar-refractivity contribution < 1.29 is 0 Å². The highest BCUT2D eigenvalue weighted by atomic mass is 15.1. The highest BCUT2D eigenvalue weighted by Gasteiger charge is 2.22. The van der Waals surface area contributed by atoms with E-state index in [0.29, 0.717) is 5.92 Å². The molecule has 1 aliphatic rings. The Hall–Kier alpha value is -0.830. The van der Waals surface area contributed by atoms with Gasteiger partial charge in [-0.25, -0.2) is 4.98 Å². The maximum atomic E-state index is 4.68. The van der Waals surface area contributed by atoms with Gasteiger partial charge in [-0.15, -0.1) is 0 Å². The monoisotopic (exact) mass is 207 g/mol. The Bertz CT molecular complexity index is 341. The third-order valence-corrected chi connectivity index (χ3v) is 3.30. The molecule has 0 aromatic carbocycles. The van der Waals surface area contributed by atoms with E-state index in [1.165, 1.54) is 30.1 Å². The molecule has 3 heteroatoms. The Morgan fingerprint density at radius 3 is 3.07 bits per heavy atom. The summed E-state index contributed by atoms with van der Waals surface area (Å²) in [5, 5.41) is 3.37. The van der Waals surface area contributed by atoms with E-state index < -0.39 is 0 Å². The van der Waals surface area contributed by atoms with Gasteiger partial charge in [0.2, 0.25) is 0 Å². The molecule has 15 heavy (non-hydrogen) atoms. The summed E-state index contributed by atoms with van der Waals surface area (Å²) in [4.78, 5) is 4.68. The predicted molar refractivity (Wildman–Crippen MR) is 62.0 cm³/mol. The van der Waals surface area contributed by atoms with Gasteiger partial charge < -0.3 is 9.88 Å². The normalized spacial score (nSPS) is 20.3. The van der Waals surface area contributed by atoms with Gasteiger partial charge in [0.25, 0.3) is 0 Å². The zero-order valence-electron chi connectivity index (χ0n) is 10.0. The standard InChI is InChI=1S/C12H21N3/c1-4-13-8-11-12-9(2)6-5-7-15(12)10(3)14-11/h9,13H,4-8H2,1-3H3. The van der Waals surface area contributed by atoms with Crippen molar-refractivity contribution in [3.63, 3.8) is 0 Å². The number of aryl methyl sites for hydroxylation is 1. The van der Waals surface area contributed by atoms with Gasteiger partial charge in [-0.1, -0.05) is 13.8 Å². The lowest BCUT2D eigenvalue weighted by Crippen LogP contribution is -2.18. The van der Waals surface area contributed by atoms with Crippen LogP contribution in [0.2, 0.25) is 0 Å². The number of hydrogen-bond donors (Lipinski definition) is 1. The molecular weight excluding hydrogens is 186 g/mol. The number of fused-ring (bicyclic) bond motifs is 1. The highest BCUT2D eigenvalue weighted by Crippen LogP contribution is 2.30. The molecule has 2 rings (SSSR count). The van der Waals surface area contributed by atoms with E-state index in [0.717, 1.165) is 19.6 Å². The summed E-state index contributed by atoms with van der Waals surface area (Å²) in [7, 11) is 0. The van der Waals surface area contributed by atoms with Crippen LogP contribution in [0.15, 0.2) is 0 Å². The summed E-state index contributed by atoms with van der Waals surface area (Å²) in [6.07, 6.45) is 2.61. The maximum absolute atomic E-state index is 4.68. The first-order chi connectivity index (χ1) is 7.24. The summed E-state index contributed by atoms with van der Waals surface area (Å²) >= 11 is 0. The molecule has 3 nitrogen and oxygen atoms in total. The van der Waals surface area contributed by atoms with E-state index in [9.17, 15) is 0 Å². The molecule has 0 amide bonds. The van der Waals surface area contributed by atoms with Gasteiger partial charge in [-0.2, -0.15) is 0 Å². The van der Waals surface area contributed by atoms with Gasteiger partial charge in [-0.05, 0) is 32.2 Å². The number of aromatic nitrogens is 2. The molecule has 0 saturated heterocycles. The summed E-state index contributed by atoms with van der Waals surface area (Å²) in [6, 6.07) is 0. The Morgan fingerprint density at radius 1 is 1.53 bits per heavy atom. The smallest absolute Gasteiger partial charge is 0.106 e. The van der Waals surface area contributed by atoms with Crippen LogP contribution in [0.3, 0.4) is 0 Å². The van der Waals surface area contributed by atoms with Crippen LogP contribution in [-0.4, -0.2) is 16.1 Å². The van der Waals surface area contributed by atoms with Gasteiger partial charge in [0.15, 0.2) is 0 Å². The van der Waals surface area contributed by atoms with Crippen LogP contribution >= 0.6 is 0 Å². The van der Waals surface area contributed by atoms with E-state index in [4.69, 9.17) is 0 Å². The van der Waals surface area contributed by atoms with Crippen LogP contribution in [0.25, 0.3) is 0 Å². The van der Waals surface area contributed by atoms with Gasteiger partial charge in [0.05, 0.1) is 5.69 Å². The van der Waals surface area contributed by atoms with Crippen molar-refractivity contribution in [2.75, 3.05) is 6.54 Å². The molecule has 1 aliphatic heterocycles. The van der Waals surface area contributed by atoms with Crippen LogP contribution in [0.1, 0.15) is 49.8 Å². The largest absolute Gasteiger partial charge is 0.332 e. The van der Waals surface area contributed by atoms with Crippen molar-refractivity contribution in [1.82, 2.24) is 14.9 Å². The minimum absolute atomic E-state index is 0.675. The van der Waals surface area contributed by atoms with Gasteiger partial charge in [0, 0.05) is 18.8 Å². The molecule has 0 fully saturated rings. The average Bonchev–Trinajstić information content (AvgIpc) is 2.55. The SMILES string of the molecule is CCNCc1nc(C)n2c1C(C)CCC2. The van der Waals surface area contributed by atoms with E-state index in [-0.39, 0.29) is 0 Å². The molecule has 0 bridgehead atoms. The second-order valence-electron chi connectivity index (χ2n) is 4.47. The fourth-order valence-electron chi connectivity index (χ4n) is 2.54. The van der Waals surface area contributed by atoms with Gasteiger partial charge >= 0.3 is 0 Å². The third-order valence-electron chi connectivity index (χ3n) is 3.30. The van der Waals surface area contributed by atoms with E-state index >= 15 is 0 Å². The summed E-state index contributed by atoms with van der Waals surface area (Å²) in [6.45, 7) is 9.67. The van der Waals surface area contributed by atoms with Crippen LogP contribution in [0, 0.1) is 6.92 Å². The highest BCUT2D eigenvalue weighted by molar-refractivity contribution is 5.22. The molecular formula is C12H21N3. The summed E-state index contributed by atoms with van der Waals surface area (Å²) in [5.41, 5.74) is 2.74. The first-order valence-electron chi connectivity index (χ1n) is 6.00. The van der Waals surface area contributed by atoms with Crippen LogP contribution in [-0.2, 0) is 13.1 Å². The molecule has 1 N–H and O–H groups in total. The number of nitrogens with zero attached hydrogens (tertiary/aromatic N) is 2. The second-order valence-corrected chi connectivity index (χ2v) is 4.47. The van der Waals surface area contributed by atoms with E-state index in [2.05, 4.69) is 35.6 Å². The Morgan fingerprint density at radius 2 is 2.33 bits per heavy atom. The topological polar surface area (TPSA) is 29.9 Å². The molecule has 0 radical (unpaired) electrons. The Balaban J connectivity index is 2.30. The van der Waals surface area contributed by atoms with Crippen molar-refractivity contribution >= 4 is 0 Å². The molecule has 0 spiro atoms. The zero-order valence-corrected chi connectivity index (χ0v) is 10.0. The zero-order chi connectivity index (χ0) is 10.8. The molecule has 2 heterocycles. The average molecular weight is 207 g/mol. The molecule has 1 atom stereocenters. The first-order valence-corrected chi connectivity index (χ1v) is 6.00. The van der Waals surface area contributed by atoms with Crippen molar-refractivity contribution in [2.24, 2.45) is 0 Å². The number of rotatable bonds is 3. The lowest BCUT2D eigenvalue weighted by atomic mass is 9.96. The van der Waals surface area contributed by atoms with Crippen molar-refractivity contribution in [2.45, 2.75) is 52.6 Å². The molecule has 1 unspecified atom stereocenters. The molecule has 1 aromatic heterocycles. The summed E-state index contributed by atoms with van der Waals surface area (Å²) in [5.74, 6) is 1.86. The molecule has 84 valence electrons. The summed E-state index contributed by atoms with van der Waals surface area (Å²) < 4.78 is 2.40. The fourth-order valence-corrected chi connectivity index (χ4v) is 2.54. The minimum atomic E-state index is 0.675. The maximum Gasteiger partial charge on any atom is 0.106 e. The first kappa shape index (κ1) is 10.7. The van der Waals surface area contributed by atoms with Gasteiger partial charge in [0.1, 0.15) is 5.82 Å². The second kappa shape index (κ2) is 4.35. The van der Waals surface area contributed by atoms with Crippen molar-refractivity contribution in [1.29, 1.82) is 0 Å². The van der Waals surface area contributed by atoms with E-state index in [1.54, 1.807) is 0 Å². The number of nitrogens with one attached hydrogen (secondary N) is 1. The minimum Gasteiger partial charge on any atom is -0.332 e. The molecule has 0 saturated carbocycles. The molecule has 0 aliphatic carbocycles. The Labute approximate surface area is 91.9 Å². The van der Waals surface area contributed by atoms with Crippen LogP contribution in [0.4, 0.5) is 0 Å². The fraction of sp³-hybridized carbons (Fsp3) is 0.750. The van der Waals surface area contributed by atoms with Crippen molar-refractivity contribution in [3.05, 3.63) is 17.2 Å².